The summed E-state index contributed by atoms with van der Waals surface area (Å²) in [6.45, 7) is 0.200. The van der Waals surface area contributed by atoms with Crippen LogP contribution in [0, 0.1) is 0 Å². The zero-order valence-corrected chi connectivity index (χ0v) is 18.1. The number of hydrogen-bond acceptors (Lipinski definition) is 3. The number of carbonyl (C=O) groups excluding carboxylic acids is 2. The molecule has 0 saturated carbocycles. The molecule has 2 aliphatic heterocycles. The Morgan fingerprint density at radius 3 is 2.56 bits per heavy atom. The summed E-state index contributed by atoms with van der Waals surface area (Å²) in [4.78, 5) is 31.7. The van der Waals surface area contributed by atoms with E-state index in [1.165, 1.54) is 24.1 Å². The first-order valence-electron chi connectivity index (χ1n) is 10.8. The number of H-pyrrole nitrogens is 1. The zero-order valence-electron chi connectivity index (χ0n) is 18.1. The van der Waals surface area contributed by atoms with E-state index in [2.05, 4.69) is 4.98 Å². The number of ether oxygens (including phenoxy) is 1. The van der Waals surface area contributed by atoms with Crippen LogP contribution in [0.4, 0.5) is 13.2 Å². The molecular weight excluding hydrogens is 445 g/mol. The van der Waals surface area contributed by atoms with Crippen molar-refractivity contribution in [1.82, 2.24) is 9.88 Å². The summed E-state index contributed by atoms with van der Waals surface area (Å²) in [5.74, 6) is -0.820. The number of allylic oxidation sites excluding steroid dienone is 1. The number of benzene rings is 2. The Labute approximate surface area is 192 Å². The normalized spacial score (nSPS) is 21.5. The van der Waals surface area contributed by atoms with Gasteiger partial charge in [0.2, 0.25) is 0 Å². The van der Waals surface area contributed by atoms with Crippen LogP contribution in [0.5, 0.6) is 0 Å². The molecule has 0 bridgehead atoms. The molecule has 1 unspecified atom stereocenters. The van der Waals surface area contributed by atoms with E-state index in [4.69, 9.17) is 4.74 Å². The summed E-state index contributed by atoms with van der Waals surface area (Å²) < 4.78 is 44.0. The van der Waals surface area contributed by atoms with E-state index in [0.29, 0.717) is 23.1 Å². The van der Waals surface area contributed by atoms with E-state index >= 15 is 0 Å². The van der Waals surface area contributed by atoms with E-state index < -0.39 is 23.2 Å². The third-order valence-corrected chi connectivity index (χ3v) is 7.11. The van der Waals surface area contributed by atoms with Crippen LogP contribution in [0.1, 0.15) is 28.8 Å². The maximum absolute atomic E-state index is 13.7. The number of alkyl halides is 3. The number of aromatic nitrogens is 1. The molecule has 2 aromatic carbocycles. The lowest BCUT2D eigenvalue weighted by molar-refractivity contribution is -0.159. The van der Waals surface area contributed by atoms with Crippen LogP contribution in [-0.2, 0) is 33.5 Å². The Kier molecular flexibility index (Phi) is 4.19. The lowest BCUT2D eigenvalue weighted by Crippen LogP contribution is -2.62. The highest BCUT2D eigenvalue weighted by atomic mass is 19.4. The minimum atomic E-state index is -4.42. The van der Waals surface area contributed by atoms with Crippen LogP contribution in [0.3, 0.4) is 0 Å². The molecule has 1 atom stereocenters. The molecule has 8 heteroatoms. The number of rotatable bonds is 2. The maximum Gasteiger partial charge on any atom is 0.416 e. The molecule has 172 valence electrons. The number of carbonyl (C=O) groups is 2. The predicted octanol–water partition coefficient (Wildman–Crippen LogP) is 4.78. The topological polar surface area (TPSA) is 62.4 Å². The van der Waals surface area contributed by atoms with Gasteiger partial charge in [0, 0.05) is 28.6 Å². The number of methoxy groups -OCH3 is 1. The van der Waals surface area contributed by atoms with Crippen LogP contribution in [0.15, 0.2) is 65.8 Å². The molecule has 0 saturated heterocycles. The molecule has 5 nitrogen and oxygen atoms in total. The number of aromatic amines is 1. The van der Waals surface area contributed by atoms with Crippen molar-refractivity contribution in [3.8, 4) is 0 Å². The Balaban J connectivity index is 1.46. The minimum absolute atomic E-state index is 0.200. The fourth-order valence-electron chi connectivity index (χ4n) is 5.43. The van der Waals surface area contributed by atoms with Gasteiger partial charge < -0.3 is 14.6 Å². The second-order valence-corrected chi connectivity index (χ2v) is 8.89. The standard InChI is InChI=1S/C26H19F3N2O3/c1-34-24(33)25-11-15-10-18(14-6-8-16(9-7-14)26(27,28)29)22(15)23(32)31(25)13-21-19(12-25)17-4-2-3-5-20(17)30-21/h2-9,11,30H,10,12-13H2,1H3. The average Bonchev–Trinajstić information content (AvgIpc) is 3.16. The third-order valence-electron chi connectivity index (χ3n) is 7.11. The Hall–Kier alpha value is -3.81. The van der Waals surface area contributed by atoms with Crippen molar-refractivity contribution in [2.45, 2.75) is 31.1 Å². The van der Waals surface area contributed by atoms with Crippen molar-refractivity contribution >= 4 is 28.4 Å². The molecule has 1 amide bonds. The van der Waals surface area contributed by atoms with E-state index in [0.717, 1.165) is 39.9 Å². The van der Waals surface area contributed by atoms with Gasteiger partial charge in [-0.2, -0.15) is 13.2 Å². The van der Waals surface area contributed by atoms with E-state index in [1.54, 1.807) is 0 Å². The fraction of sp³-hybridized carbons (Fsp3) is 0.231. The first kappa shape index (κ1) is 20.8. The van der Waals surface area contributed by atoms with Crippen LogP contribution in [-0.4, -0.2) is 34.4 Å². The van der Waals surface area contributed by atoms with Crippen molar-refractivity contribution in [3.63, 3.8) is 0 Å². The molecule has 1 aromatic heterocycles. The molecule has 1 N–H and O–H groups in total. The summed E-state index contributed by atoms with van der Waals surface area (Å²) in [6, 6.07) is 12.6. The number of nitrogens with zero attached hydrogens (tertiary/aromatic N) is 1. The van der Waals surface area contributed by atoms with Gasteiger partial charge in [-0.1, -0.05) is 30.3 Å². The fourth-order valence-corrected chi connectivity index (χ4v) is 5.43. The molecule has 34 heavy (non-hydrogen) atoms. The Bertz CT molecular complexity index is 1450. The van der Waals surface area contributed by atoms with E-state index in [9.17, 15) is 22.8 Å². The molecule has 3 aromatic rings. The van der Waals surface area contributed by atoms with Gasteiger partial charge in [-0.3, -0.25) is 4.79 Å². The first-order valence-corrected chi connectivity index (χ1v) is 10.8. The van der Waals surface area contributed by atoms with Crippen LogP contribution < -0.4 is 0 Å². The highest BCUT2D eigenvalue weighted by Gasteiger charge is 2.55. The quantitative estimate of drug-likeness (QED) is 0.556. The first-order chi connectivity index (χ1) is 16.2. The summed E-state index contributed by atoms with van der Waals surface area (Å²) in [7, 11) is 1.31. The number of para-hydroxylation sites is 1. The SMILES string of the molecule is COC(=O)C12C=C3CC(c4ccc(C(F)(F)F)cc4)=C3C(=O)N1Cc1[nH]c3ccccc3c1C2. The average molecular weight is 464 g/mol. The molecule has 6 rings (SSSR count). The molecule has 3 heterocycles. The molecule has 0 radical (unpaired) electrons. The van der Waals surface area contributed by atoms with E-state index in [-0.39, 0.29) is 18.9 Å². The molecule has 0 spiro atoms. The van der Waals surface area contributed by atoms with Crippen LogP contribution in [0.25, 0.3) is 16.5 Å². The van der Waals surface area contributed by atoms with Gasteiger partial charge in [-0.05, 0) is 53.0 Å². The zero-order chi connectivity index (χ0) is 23.8. The largest absolute Gasteiger partial charge is 0.467 e. The lowest BCUT2D eigenvalue weighted by atomic mass is 9.70. The number of hydrogen-bond donors (Lipinski definition) is 1. The monoisotopic (exact) mass is 464 g/mol. The van der Waals surface area contributed by atoms with Gasteiger partial charge in [0.1, 0.15) is 0 Å². The van der Waals surface area contributed by atoms with Crippen LogP contribution >= 0.6 is 0 Å². The van der Waals surface area contributed by atoms with Gasteiger partial charge in [0.05, 0.1) is 19.2 Å². The van der Waals surface area contributed by atoms with Crippen molar-refractivity contribution in [2.24, 2.45) is 0 Å². The second-order valence-electron chi connectivity index (χ2n) is 8.89. The van der Waals surface area contributed by atoms with Gasteiger partial charge in [-0.15, -0.1) is 0 Å². The highest BCUT2D eigenvalue weighted by molar-refractivity contribution is 6.14. The van der Waals surface area contributed by atoms with Crippen molar-refractivity contribution in [1.29, 1.82) is 0 Å². The summed E-state index contributed by atoms with van der Waals surface area (Å²) in [5, 5.41) is 1.01. The van der Waals surface area contributed by atoms with Gasteiger partial charge in [0.25, 0.3) is 5.91 Å². The summed E-state index contributed by atoms with van der Waals surface area (Å²) in [6.07, 6.45) is -1.92. The van der Waals surface area contributed by atoms with Crippen molar-refractivity contribution in [3.05, 3.63) is 88.1 Å². The molecule has 3 aliphatic rings. The highest BCUT2D eigenvalue weighted by Crippen LogP contribution is 2.50. The molecule has 1 aliphatic carbocycles. The van der Waals surface area contributed by atoms with Gasteiger partial charge >= 0.3 is 12.1 Å². The Morgan fingerprint density at radius 1 is 1.12 bits per heavy atom. The molecule has 0 fully saturated rings. The number of fused-ring (bicyclic) bond motifs is 5. The smallest absolute Gasteiger partial charge is 0.416 e. The maximum atomic E-state index is 13.7. The third kappa shape index (κ3) is 2.74. The van der Waals surface area contributed by atoms with E-state index in [1.807, 2.05) is 30.3 Å². The van der Waals surface area contributed by atoms with Crippen molar-refractivity contribution in [2.75, 3.05) is 7.11 Å². The predicted molar refractivity (Wildman–Crippen MR) is 118 cm³/mol. The number of esters is 1. The summed E-state index contributed by atoms with van der Waals surface area (Å²) >= 11 is 0. The number of nitrogens with one attached hydrogen (secondary N) is 1. The van der Waals surface area contributed by atoms with Crippen LogP contribution in [0.2, 0.25) is 0 Å². The van der Waals surface area contributed by atoms with Gasteiger partial charge in [0.15, 0.2) is 5.54 Å². The summed E-state index contributed by atoms with van der Waals surface area (Å²) in [5.41, 5.74) is 3.23. The van der Waals surface area contributed by atoms with Crippen molar-refractivity contribution < 1.29 is 27.5 Å². The minimum Gasteiger partial charge on any atom is -0.467 e. The Morgan fingerprint density at radius 2 is 1.85 bits per heavy atom. The van der Waals surface area contributed by atoms with Gasteiger partial charge in [-0.25, -0.2) is 4.79 Å². The number of halogens is 3. The number of amides is 1. The lowest BCUT2D eigenvalue weighted by Gasteiger charge is -2.49. The second kappa shape index (κ2) is 6.85. The molecular formula is C26H19F3N2O3.